The number of hydrogen-bond acceptors (Lipinski definition) is 6. The highest BCUT2D eigenvalue weighted by molar-refractivity contribution is 5.86. The number of carbonyl (C=O) groups excluding carboxylic acids is 3. The van der Waals surface area contributed by atoms with Gasteiger partial charge in [-0.05, 0) is 38.2 Å². The summed E-state index contributed by atoms with van der Waals surface area (Å²) in [5, 5.41) is 2.72. The van der Waals surface area contributed by atoms with E-state index in [1.165, 1.54) is 7.11 Å². The summed E-state index contributed by atoms with van der Waals surface area (Å²) in [6.07, 6.45) is -0.438. The second-order valence-corrected chi connectivity index (χ2v) is 10.3. The van der Waals surface area contributed by atoms with Gasteiger partial charge in [-0.15, -0.1) is 0 Å². The van der Waals surface area contributed by atoms with Gasteiger partial charge in [0.2, 0.25) is 5.91 Å². The van der Waals surface area contributed by atoms with Crippen LogP contribution in [0.15, 0.2) is 30.3 Å². The maximum absolute atomic E-state index is 13.6. The average Bonchev–Trinajstić information content (AvgIpc) is 2.79. The number of amides is 2. The van der Waals surface area contributed by atoms with Crippen LogP contribution in [0.3, 0.4) is 0 Å². The van der Waals surface area contributed by atoms with Crippen molar-refractivity contribution < 1.29 is 28.6 Å². The molecule has 0 bridgehead atoms. The molecule has 4 atom stereocenters. The van der Waals surface area contributed by atoms with E-state index in [0.29, 0.717) is 0 Å². The number of ether oxygens (including phenoxy) is 3. The number of nitrogens with zero attached hydrogens (tertiary/aromatic N) is 1. The third-order valence-electron chi connectivity index (χ3n) is 5.91. The Morgan fingerprint density at radius 3 is 2.14 bits per heavy atom. The molecule has 198 valence electrons. The molecule has 0 saturated heterocycles. The molecule has 0 aromatic heterocycles. The Kier molecular flexibility index (Phi) is 12.2. The number of alkyl carbamates (subject to hydrolysis) is 1. The van der Waals surface area contributed by atoms with E-state index in [9.17, 15) is 14.4 Å². The van der Waals surface area contributed by atoms with Gasteiger partial charge in [-0.1, -0.05) is 64.4 Å². The van der Waals surface area contributed by atoms with Gasteiger partial charge in [0, 0.05) is 14.2 Å². The predicted molar refractivity (Wildman–Crippen MR) is 136 cm³/mol. The van der Waals surface area contributed by atoms with Gasteiger partial charge in [-0.3, -0.25) is 9.59 Å². The monoisotopic (exact) mass is 492 g/mol. The normalized spacial score (nSPS) is 15.0. The topological polar surface area (TPSA) is 94.2 Å². The summed E-state index contributed by atoms with van der Waals surface area (Å²) in [6.45, 7) is 13.3. The van der Waals surface area contributed by atoms with Crippen LogP contribution in [0, 0.1) is 11.8 Å². The molecule has 1 unspecified atom stereocenters. The standard InChI is InChI=1S/C27H44N2O6/c1-10-19(4)24(21(33-9)16-22(30)35-27(5,6)7)29(8)25(31)23(18(2)3)28-26(32)34-17-20-14-12-11-13-15-20/h11-15,18-19,21,23-24H,10,16-17H2,1-9H3,(H,28,32)/t19?,21-,23+,24+/m1/s1. The fourth-order valence-corrected chi connectivity index (χ4v) is 3.90. The molecule has 1 aromatic carbocycles. The van der Waals surface area contributed by atoms with Crippen molar-refractivity contribution in [1.29, 1.82) is 0 Å². The van der Waals surface area contributed by atoms with Crippen LogP contribution in [0.2, 0.25) is 0 Å². The van der Waals surface area contributed by atoms with Crippen LogP contribution in [0.25, 0.3) is 0 Å². The first kappa shape index (κ1) is 30.4. The van der Waals surface area contributed by atoms with E-state index in [1.807, 2.05) is 78.8 Å². The van der Waals surface area contributed by atoms with Crippen molar-refractivity contribution in [2.45, 2.75) is 91.7 Å². The lowest BCUT2D eigenvalue weighted by atomic mass is 9.90. The number of benzene rings is 1. The van der Waals surface area contributed by atoms with Crippen LogP contribution >= 0.6 is 0 Å². The fourth-order valence-electron chi connectivity index (χ4n) is 3.90. The maximum Gasteiger partial charge on any atom is 0.408 e. The van der Waals surface area contributed by atoms with E-state index in [4.69, 9.17) is 14.2 Å². The van der Waals surface area contributed by atoms with Gasteiger partial charge in [-0.2, -0.15) is 0 Å². The number of nitrogens with one attached hydrogen (secondary N) is 1. The number of rotatable bonds is 12. The first-order chi connectivity index (χ1) is 16.3. The third-order valence-corrected chi connectivity index (χ3v) is 5.91. The van der Waals surface area contributed by atoms with Crippen LogP contribution in [0.5, 0.6) is 0 Å². The summed E-state index contributed by atoms with van der Waals surface area (Å²) >= 11 is 0. The average molecular weight is 493 g/mol. The quantitative estimate of drug-likeness (QED) is 0.430. The van der Waals surface area contributed by atoms with E-state index < -0.39 is 29.9 Å². The molecule has 8 nitrogen and oxygen atoms in total. The van der Waals surface area contributed by atoms with E-state index in [0.717, 1.165) is 12.0 Å². The fraction of sp³-hybridized carbons (Fsp3) is 0.667. The predicted octanol–water partition coefficient (Wildman–Crippen LogP) is 4.56. The number of methoxy groups -OCH3 is 1. The molecule has 35 heavy (non-hydrogen) atoms. The minimum absolute atomic E-state index is 0.0132. The smallest absolute Gasteiger partial charge is 0.408 e. The van der Waals surface area contributed by atoms with Crippen molar-refractivity contribution in [3.8, 4) is 0 Å². The zero-order chi connectivity index (χ0) is 26.8. The lowest BCUT2D eigenvalue weighted by molar-refractivity contribution is -0.160. The molecule has 0 heterocycles. The van der Waals surface area contributed by atoms with Crippen molar-refractivity contribution in [3.63, 3.8) is 0 Å². The van der Waals surface area contributed by atoms with Crippen LogP contribution < -0.4 is 5.32 Å². The molecule has 0 saturated carbocycles. The summed E-state index contributed by atoms with van der Waals surface area (Å²) in [4.78, 5) is 40.2. The molecule has 0 spiro atoms. The Bertz CT molecular complexity index is 806. The molecular weight excluding hydrogens is 448 g/mol. The second-order valence-electron chi connectivity index (χ2n) is 10.3. The molecular formula is C27H44N2O6. The second kappa shape index (κ2) is 14.1. The van der Waals surface area contributed by atoms with Gasteiger partial charge in [0.25, 0.3) is 0 Å². The van der Waals surface area contributed by atoms with Crippen LogP contribution in [0.4, 0.5) is 4.79 Å². The minimum atomic E-state index is -0.797. The van der Waals surface area contributed by atoms with Gasteiger partial charge in [0.05, 0.1) is 18.6 Å². The molecule has 0 aliphatic carbocycles. The van der Waals surface area contributed by atoms with Crippen molar-refractivity contribution in [3.05, 3.63) is 35.9 Å². The molecule has 2 amide bonds. The van der Waals surface area contributed by atoms with Crippen molar-refractivity contribution >= 4 is 18.0 Å². The van der Waals surface area contributed by atoms with E-state index >= 15 is 0 Å². The van der Waals surface area contributed by atoms with E-state index in [1.54, 1.807) is 11.9 Å². The molecule has 0 aliphatic rings. The zero-order valence-electron chi connectivity index (χ0n) is 22.8. The van der Waals surface area contributed by atoms with E-state index in [2.05, 4.69) is 5.32 Å². The first-order valence-corrected chi connectivity index (χ1v) is 12.3. The number of likely N-dealkylation sites (N-methyl/N-ethyl adjacent to an activating group) is 1. The first-order valence-electron chi connectivity index (χ1n) is 12.3. The minimum Gasteiger partial charge on any atom is -0.460 e. The summed E-state index contributed by atoms with van der Waals surface area (Å²) in [6, 6.07) is 8.14. The summed E-state index contributed by atoms with van der Waals surface area (Å²) in [5.41, 5.74) is 0.240. The SMILES string of the molecule is CCC(C)[C@@H]([C@@H](CC(=O)OC(C)(C)C)OC)N(C)C(=O)[C@@H](NC(=O)OCc1ccccc1)C(C)C. The third kappa shape index (κ3) is 10.3. The molecule has 1 aromatic rings. The Morgan fingerprint density at radius 2 is 1.66 bits per heavy atom. The lowest BCUT2D eigenvalue weighted by Gasteiger charge is -2.39. The zero-order valence-corrected chi connectivity index (χ0v) is 22.8. The summed E-state index contributed by atoms with van der Waals surface area (Å²) in [5.74, 6) is -0.803. The van der Waals surface area contributed by atoms with Crippen LogP contribution in [0.1, 0.15) is 66.9 Å². The van der Waals surface area contributed by atoms with Gasteiger partial charge >= 0.3 is 12.1 Å². The van der Waals surface area contributed by atoms with Crippen LogP contribution in [-0.4, -0.2) is 60.8 Å². The Labute approximate surface area is 210 Å². The Morgan fingerprint density at radius 1 is 1.06 bits per heavy atom. The number of carbonyl (C=O) groups is 3. The van der Waals surface area contributed by atoms with Crippen molar-refractivity contribution in [2.24, 2.45) is 11.8 Å². The highest BCUT2D eigenvalue weighted by atomic mass is 16.6. The van der Waals surface area contributed by atoms with Gasteiger partial charge in [0.1, 0.15) is 18.2 Å². The molecule has 1 N–H and O–H groups in total. The summed E-state index contributed by atoms with van der Waals surface area (Å²) < 4.78 is 16.5. The molecule has 0 aliphatic heterocycles. The van der Waals surface area contributed by atoms with Crippen molar-refractivity contribution in [1.82, 2.24) is 10.2 Å². The number of esters is 1. The van der Waals surface area contributed by atoms with Gasteiger partial charge in [-0.25, -0.2) is 4.79 Å². The highest BCUT2D eigenvalue weighted by Crippen LogP contribution is 2.24. The highest BCUT2D eigenvalue weighted by Gasteiger charge is 2.38. The largest absolute Gasteiger partial charge is 0.460 e. The van der Waals surface area contributed by atoms with Crippen LogP contribution in [-0.2, 0) is 30.4 Å². The van der Waals surface area contributed by atoms with E-state index in [-0.39, 0.29) is 36.7 Å². The Balaban J connectivity index is 2.99. The lowest BCUT2D eigenvalue weighted by Crippen LogP contribution is -2.57. The molecule has 1 rings (SSSR count). The van der Waals surface area contributed by atoms with Crippen molar-refractivity contribution in [2.75, 3.05) is 14.2 Å². The molecule has 0 radical (unpaired) electrons. The van der Waals surface area contributed by atoms with Gasteiger partial charge in [0.15, 0.2) is 0 Å². The maximum atomic E-state index is 13.6. The van der Waals surface area contributed by atoms with Gasteiger partial charge < -0.3 is 24.4 Å². The molecule has 8 heteroatoms. The molecule has 0 fully saturated rings. The Hall–Kier alpha value is -2.61. The summed E-state index contributed by atoms with van der Waals surface area (Å²) in [7, 11) is 3.22. The number of hydrogen-bond donors (Lipinski definition) is 1.